The molecule has 0 N–H and O–H groups in total. The monoisotopic (exact) mass is 277 g/mol. The maximum Gasteiger partial charge on any atom is 0.167 e. The lowest BCUT2D eigenvalue weighted by atomic mass is 10.2. The van der Waals surface area contributed by atoms with Crippen molar-refractivity contribution in [2.24, 2.45) is 0 Å². The number of hydrogen-bond donors (Lipinski definition) is 0. The van der Waals surface area contributed by atoms with E-state index in [1.807, 2.05) is 23.6 Å². The highest BCUT2D eigenvalue weighted by atomic mass is 16.5. The molecule has 20 heavy (non-hydrogen) atoms. The zero-order valence-corrected chi connectivity index (χ0v) is 11.8. The van der Waals surface area contributed by atoms with Gasteiger partial charge in [-0.3, -0.25) is 4.57 Å². The molecule has 3 heterocycles. The Kier molecular flexibility index (Phi) is 3.79. The molecule has 0 atom stereocenters. The van der Waals surface area contributed by atoms with Crippen LogP contribution in [0.25, 0.3) is 11.2 Å². The number of fused-ring (bicyclic) bond motifs is 1. The van der Waals surface area contributed by atoms with Gasteiger partial charge in [-0.05, 0) is 12.8 Å². The lowest BCUT2D eigenvalue weighted by Crippen LogP contribution is -2.24. The predicted octanol–water partition coefficient (Wildman–Crippen LogP) is 1.05. The molecule has 1 aliphatic heterocycles. The minimum absolute atomic E-state index is 0.261. The minimum Gasteiger partial charge on any atom is -0.381 e. The SMILES string of the molecule is CN(C)c1ncnc2c1ncn2COC1CCOCC1. The maximum absolute atomic E-state index is 5.90. The number of rotatable bonds is 4. The van der Waals surface area contributed by atoms with Crippen LogP contribution in [0.1, 0.15) is 12.8 Å². The third-order valence-electron chi connectivity index (χ3n) is 3.42. The Bertz CT molecular complexity index is 577. The Labute approximate surface area is 117 Å². The van der Waals surface area contributed by atoms with Crippen LogP contribution < -0.4 is 4.90 Å². The summed E-state index contributed by atoms with van der Waals surface area (Å²) >= 11 is 0. The molecule has 108 valence electrons. The van der Waals surface area contributed by atoms with Crippen molar-refractivity contribution in [3.8, 4) is 0 Å². The molecule has 0 amide bonds. The van der Waals surface area contributed by atoms with Gasteiger partial charge in [-0.1, -0.05) is 0 Å². The van der Waals surface area contributed by atoms with Gasteiger partial charge in [0.15, 0.2) is 17.0 Å². The van der Waals surface area contributed by atoms with E-state index in [2.05, 4.69) is 15.0 Å². The van der Waals surface area contributed by atoms with Gasteiger partial charge in [0, 0.05) is 27.3 Å². The molecule has 0 aliphatic carbocycles. The molecule has 1 aliphatic rings. The van der Waals surface area contributed by atoms with Crippen LogP contribution >= 0.6 is 0 Å². The molecule has 1 fully saturated rings. The molecule has 0 spiro atoms. The van der Waals surface area contributed by atoms with E-state index in [9.17, 15) is 0 Å². The van der Waals surface area contributed by atoms with Gasteiger partial charge in [0.25, 0.3) is 0 Å². The summed E-state index contributed by atoms with van der Waals surface area (Å²) in [7, 11) is 3.89. The summed E-state index contributed by atoms with van der Waals surface area (Å²) in [5, 5.41) is 0. The van der Waals surface area contributed by atoms with Gasteiger partial charge in [-0.15, -0.1) is 0 Å². The third-order valence-corrected chi connectivity index (χ3v) is 3.42. The highest BCUT2D eigenvalue weighted by molar-refractivity contribution is 5.82. The zero-order valence-electron chi connectivity index (χ0n) is 11.8. The van der Waals surface area contributed by atoms with Gasteiger partial charge in [0.05, 0.1) is 12.4 Å². The van der Waals surface area contributed by atoms with E-state index in [1.54, 1.807) is 12.7 Å². The fourth-order valence-electron chi connectivity index (χ4n) is 2.32. The van der Waals surface area contributed by atoms with E-state index in [-0.39, 0.29) is 6.10 Å². The molecular formula is C13H19N5O2. The van der Waals surface area contributed by atoms with Crippen LogP contribution in [0.3, 0.4) is 0 Å². The van der Waals surface area contributed by atoms with Crippen molar-refractivity contribution >= 4 is 17.0 Å². The number of hydrogen-bond acceptors (Lipinski definition) is 6. The molecule has 0 unspecified atom stereocenters. The van der Waals surface area contributed by atoms with Crippen LogP contribution in [0.15, 0.2) is 12.7 Å². The van der Waals surface area contributed by atoms with Crippen LogP contribution in [-0.4, -0.2) is 52.9 Å². The fraction of sp³-hybridized carbons (Fsp3) is 0.615. The summed E-state index contributed by atoms with van der Waals surface area (Å²) in [6.45, 7) is 2.02. The van der Waals surface area contributed by atoms with E-state index >= 15 is 0 Å². The van der Waals surface area contributed by atoms with Gasteiger partial charge in [-0.2, -0.15) is 0 Å². The van der Waals surface area contributed by atoms with Crippen molar-refractivity contribution in [1.29, 1.82) is 0 Å². The summed E-state index contributed by atoms with van der Waals surface area (Å²) in [5.74, 6) is 0.819. The molecule has 0 radical (unpaired) electrons. The van der Waals surface area contributed by atoms with Crippen LogP contribution in [0.5, 0.6) is 0 Å². The normalized spacial score (nSPS) is 16.7. The smallest absolute Gasteiger partial charge is 0.167 e. The number of aromatic nitrogens is 4. The lowest BCUT2D eigenvalue weighted by molar-refractivity contribution is -0.0559. The molecule has 0 aromatic carbocycles. The minimum atomic E-state index is 0.261. The standard InChI is InChI=1S/C13H19N5O2/c1-17(2)12-11-13(15-7-14-12)18(8-16-11)9-20-10-3-5-19-6-4-10/h7-8,10H,3-6,9H2,1-2H3. The summed E-state index contributed by atoms with van der Waals surface area (Å²) in [6.07, 6.45) is 5.47. The largest absolute Gasteiger partial charge is 0.381 e. The highest BCUT2D eigenvalue weighted by Crippen LogP contribution is 2.20. The summed E-state index contributed by atoms with van der Waals surface area (Å²) in [4.78, 5) is 14.9. The first kappa shape index (κ1) is 13.3. The Hall–Kier alpha value is -1.73. The first-order chi connectivity index (χ1) is 9.75. The summed E-state index contributed by atoms with van der Waals surface area (Å²) in [5.41, 5.74) is 1.60. The molecule has 0 saturated carbocycles. The molecular weight excluding hydrogens is 258 g/mol. The Balaban J connectivity index is 1.76. The number of imidazole rings is 1. The van der Waals surface area contributed by atoms with E-state index in [4.69, 9.17) is 9.47 Å². The van der Waals surface area contributed by atoms with E-state index < -0.39 is 0 Å². The second-order valence-corrected chi connectivity index (χ2v) is 5.09. The van der Waals surface area contributed by atoms with Gasteiger partial charge >= 0.3 is 0 Å². The van der Waals surface area contributed by atoms with Gasteiger partial charge in [-0.25, -0.2) is 15.0 Å². The third kappa shape index (κ3) is 2.59. The quantitative estimate of drug-likeness (QED) is 0.832. The lowest BCUT2D eigenvalue weighted by Gasteiger charge is -2.22. The molecule has 2 aromatic rings. The van der Waals surface area contributed by atoms with Crippen molar-refractivity contribution < 1.29 is 9.47 Å². The topological polar surface area (TPSA) is 65.3 Å². The molecule has 7 nitrogen and oxygen atoms in total. The van der Waals surface area contributed by atoms with Gasteiger partial charge < -0.3 is 14.4 Å². The molecule has 7 heteroatoms. The molecule has 3 rings (SSSR count). The maximum atomic E-state index is 5.90. The first-order valence-electron chi connectivity index (χ1n) is 6.78. The van der Waals surface area contributed by atoms with Gasteiger partial charge in [0.2, 0.25) is 0 Å². The molecule has 0 bridgehead atoms. The Morgan fingerprint density at radius 3 is 2.85 bits per heavy atom. The van der Waals surface area contributed by atoms with Crippen molar-refractivity contribution in [2.75, 3.05) is 32.2 Å². The summed E-state index contributed by atoms with van der Waals surface area (Å²) in [6, 6.07) is 0. The van der Waals surface area contributed by atoms with Crippen molar-refractivity contribution in [3.05, 3.63) is 12.7 Å². The Morgan fingerprint density at radius 1 is 1.30 bits per heavy atom. The average molecular weight is 277 g/mol. The van der Waals surface area contributed by atoms with E-state index in [0.29, 0.717) is 6.73 Å². The first-order valence-corrected chi connectivity index (χ1v) is 6.78. The number of nitrogens with zero attached hydrogens (tertiary/aromatic N) is 5. The van der Waals surface area contributed by atoms with Crippen LogP contribution in [0, 0.1) is 0 Å². The van der Waals surface area contributed by atoms with Crippen molar-refractivity contribution in [1.82, 2.24) is 19.5 Å². The molecule has 1 saturated heterocycles. The number of ether oxygens (including phenoxy) is 2. The van der Waals surface area contributed by atoms with Crippen molar-refractivity contribution in [2.45, 2.75) is 25.7 Å². The zero-order chi connectivity index (χ0) is 13.9. The van der Waals surface area contributed by atoms with Crippen LogP contribution in [0.2, 0.25) is 0 Å². The van der Waals surface area contributed by atoms with Crippen molar-refractivity contribution in [3.63, 3.8) is 0 Å². The second kappa shape index (κ2) is 5.72. The van der Waals surface area contributed by atoms with Crippen LogP contribution in [0.4, 0.5) is 5.82 Å². The van der Waals surface area contributed by atoms with Gasteiger partial charge in [0.1, 0.15) is 13.1 Å². The van der Waals surface area contributed by atoms with E-state index in [1.165, 1.54) is 0 Å². The summed E-state index contributed by atoms with van der Waals surface area (Å²) < 4.78 is 13.1. The fourth-order valence-corrected chi connectivity index (χ4v) is 2.32. The average Bonchev–Trinajstić information content (AvgIpc) is 2.89. The Morgan fingerprint density at radius 2 is 2.10 bits per heavy atom. The van der Waals surface area contributed by atoms with E-state index in [0.717, 1.165) is 43.0 Å². The highest BCUT2D eigenvalue weighted by Gasteiger charge is 2.16. The molecule has 2 aromatic heterocycles. The number of anilines is 1. The second-order valence-electron chi connectivity index (χ2n) is 5.09. The predicted molar refractivity (Wildman–Crippen MR) is 74.6 cm³/mol. The van der Waals surface area contributed by atoms with Crippen LogP contribution in [-0.2, 0) is 16.2 Å².